The van der Waals surface area contributed by atoms with Crippen molar-refractivity contribution in [3.05, 3.63) is 22.4 Å². The Morgan fingerprint density at radius 3 is 3.00 bits per heavy atom. The number of hydrogen-bond donors (Lipinski definition) is 0. The van der Waals surface area contributed by atoms with Gasteiger partial charge in [0.2, 0.25) is 0 Å². The lowest BCUT2D eigenvalue weighted by molar-refractivity contribution is 0.0958. The fraction of sp³-hybridized carbons (Fsp3) is 0.667. The number of ether oxygens (including phenoxy) is 1. The van der Waals surface area contributed by atoms with Crippen molar-refractivity contribution in [3.63, 3.8) is 0 Å². The van der Waals surface area contributed by atoms with Gasteiger partial charge in [0.15, 0.2) is 5.78 Å². The average Bonchev–Trinajstić information content (AvgIpc) is 3.05. The largest absolute Gasteiger partial charge is 0.380 e. The first-order chi connectivity index (χ1) is 9.25. The molecule has 0 N–H and O–H groups in total. The maximum Gasteiger partial charge on any atom is 0.172 e. The molecule has 1 saturated carbocycles. The van der Waals surface area contributed by atoms with Gasteiger partial charge in [-0.2, -0.15) is 0 Å². The Labute approximate surface area is 119 Å². The monoisotopic (exact) mass is 281 g/mol. The molecule has 0 spiro atoms. The van der Waals surface area contributed by atoms with Crippen LogP contribution in [0.15, 0.2) is 17.5 Å². The quantitative estimate of drug-likeness (QED) is 0.487. The van der Waals surface area contributed by atoms with Gasteiger partial charge in [-0.1, -0.05) is 6.07 Å². The first-order valence-corrected chi connectivity index (χ1v) is 7.96. The third-order valence-electron chi connectivity index (χ3n) is 3.41. The van der Waals surface area contributed by atoms with Crippen LogP contribution in [0, 0.1) is 5.92 Å². The second-order valence-corrected chi connectivity index (χ2v) is 6.27. The highest BCUT2D eigenvalue weighted by Crippen LogP contribution is 2.28. The smallest absolute Gasteiger partial charge is 0.172 e. The van der Waals surface area contributed by atoms with Crippen LogP contribution >= 0.6 is 11.3 Å². The zero-order valence-corrected chi connectivity index (χ0v) is 12.5. The van der Waals surface area contributed by atoms with E-state index in [4.69, 9.17) is 4.74 Å². The molecule has 0 aromatic carbocycles. The standard InChI is InChI=1S/C15H23NO2S/c1-16(9-10-18-12-13-6-7-13)8-2-4-14(17)15-5-3-11-19-15/h3,5,11,13H,2,4,6-10,12H2,1H3. The Hall–Kier alpha value is -0.710. The van der Waals surface area contributed by atoms with E-state index in [1.807, 2.05) is 17.5 Å². The van der Waals surface area contributed by atoms with Gasteiger partial charge in [0.25, 0.3) is 0 Å². The average molecular weight is 281 g/mol. The Morgan fingerprint density at radius 2 is 2.32 bits per heavy atom. The molecule has 0 saturated heterocycles. The lowest BCUT2D eigenvalue weighted by atomic mass is 10.2. The van der Waals surface area contributed by atoms with Crippen LogP contribution in [0.3, 0.4) is 0 Å². The van der Waals surface area contributed by atoms with Crippen LogP contribution in [0.25, 0.3) is 0 Å². The molecule has 3 nitrogen and oxygen atoms in total. The summed E-state index contributed by atoms with van der Waals surface area (Å²) in [4.78, 5) is 14.9. The highest BCUT2D eigenvalue weighted by Gasteiger charge is 2.20. The molecule has 0 atom stereocenters. The second-order valence-electron chi connectivity index (χ2n) is 5.33. The lowest BCUT2D eigenvalue weighted by Crippen LogP contribution is -2.25. The van der Waals surface area contributed by atoms with Gasteiger partial charge >= 0.3 is 0 Å². The summed E-state index contributed by atoms with van der Waals surface area (Å²) in [6.07, 6.45) is 4.27. The van der Waals surface area contributed by atoms with E-state index in [0.717, 1.165) is 43.5 Å². The van der Waals surface area contributed by atoms with Crippen LogP contribution in [-0.4, -0.2) is 44.0 Å². The number of carbonyl (C=O) groups is 1. The van der Waals surface area contributed by atoms with Crippen LogP contribution in [0.1, 0.15) is 35.4 Å². The third kappa shape index (κ3) is 5.85. The van der Waals surface area contributed by atoms with Gasteiger partial charge in [-0.05, 0) is 50.2 Å². The van der Waals surface area contributed by atoms with E-state index < -0.39 is 0 Å². The van der Waals surface area contributed by atoms with Crippen molar-refractivity contribution in [3.8, 4) is 0 Å². The summed E-state index contributed by atoms with van der Waals surface area (Å²) in [6.45, 7) is 3.67. The second kappa shape index (κ2) is 7.78. The molecule has 0 bridgehead atoms. The van der Waals surface area contributed by atoms with Crippen LogP contribution < -0.4 is 0 Å². The summed E-state index contributed by atoms with van der Waals surface area (Å²) in [6, 6.07) is 3.84. The van der Waals surface area contributed by atoms with E-state index in [1.165, 1.54) is 24.2 Å². The molecule has 0 amide bonds. The fourth-order valence-corrected chi connectivity index (χ4v) is 2.63. The van der Waals surface area contributed by atoms with E-state index in [9.17, 15) is 4.79 Å². The van der Waals surface area contributed by atoms with E-state index >= 15 is 0 Å². The van der Waals surface area contributed by atoms with Gasteiger partial charge in [-0.15, -0.1) is 11.3 Å². The summed E-state index contributed by atoms with van der Waals surface area (Å²) in [7, 11) is 2.09. The lowest BCUT2D eigenvalue weighted by Gasteiger charge is -2.16. The molecule has 2 rings (SSSR count). The molecule has 1 aliphatic carbocycles. The van der Waals surface area contributed by atoms with Crippen molar-refractivity contribution in [1.29, 1.82) is 0 Å². The maximum atomic E-state index is 11.8. The number of thiophene rings is 1. The normalized spacial score (nSPS) is 15.1. The molecule has 106 valence electrons. The Bertz CT molecular complexity index is 374. The molecule has 4 heteroatoms. The minimum atomic E-state index is 0.272. The van der Waals surface area contributed by atoms with Crippen LogP contribution in [-0.2, 0) is 4.74 Å². The number of hydrogen-bond acceptors (Lipinski definition) is 4. The zero-order valence-electron chi connectivity index (χ0n) is 11.6. The van der Waals surface area contributed by atoms with Crippen LogP contribution in [0.2, 0.25) is 0 Å². The molecule has 0 aliphatic heterocycles. The number of nitrogens with zero attached hydrogens (tertiary/aromatic N) is 1. The maximum absolute atomic E-state index is 11.8. The molecular formula is C15H23NO2S. The van der Waals surface area contributed by atoms with Gasteiger partial charge in [-0.3, -0.25) is 4.79 Å². The predicted octanol–water partition coefficient (Wildman–Crippen LogP) is 3.07. The molecule has 0 unspecified atom stereocenters. The van der Waals surface area contributed by atoms with E-state index in [2.05, 4.69) is 11.9 Å². The fourth-order valence-electron chi connectivity index (χ4n) is 1.94. The summed E-state index contributed by atoms with van der Waals surface area (Å²) in [5, 5.41) is 1.95. The molecule has 19 heavy (non-hydrogen) atoms. The van der Waals surface area contributed by atoms with Gasteiger partial charge < -0.3 is 9.64 Å². The number of likely N-dealkylation sites (N-methyl/N-ethyl adjacent to an activating group) is 1. The van der Waals surface area contributed by atoms with Crippen molar-refractivity contribution in [2.45, 2.75) is 25.7 Å². The van der Waals surface area contributed by atoms with Crippen molar-refractivity contribution in [2.75, 3.05) is 33.4 Å². The highest BCUT2D eigenvalue weighted by atomic mass is 32.1. The summed E-state index contributed by atoms with van der Waals surface area (Å²) >= 11 is 1.53. The Morgan fingerprint density at radius 1 is 1.47 bits per heavy atom. The van der Waals surface area contributed by atoms with Crippen molar-refractivity contribution < 1.29 is 9.53 Å². The first kappa shape index (κ1) is 14.7. The molecule has 1 aliphatic rings. The van der Waals surface area contributed by atoms with Gasteiger partial charge in [0.05, 0.1) is 11.5 Å². The summed E-state index contributed by atoms with van der Waals surface area (Å²) in [5.74, 6) is 1.11. The van der Waals surface area contributed by atoms with Crippen LogP contribution in [0.4, 0.5) is 0 Å². The highest BCUT2D eigenvalue weighted by molar-refractivity contribution is 7.12. The number of rotatable bonds is 10. The third-order valence-corrected chi connectivity index (χ3v) is 4.32. The van der Waals surface area contributed by atoms with E-state index in [1.54, 1.807) is 0 Å². The zero-order chi connectivity index (χ0) is 13.5. The van der Waals surface area contributed by atoms with Crippen molar-refractivity contribution in [2.24, 2.45) is 5.92 Å². The Balaban J connectivity index is 1.48. The van der Waals surface area contributed by atoms with Gasteiger partial charge in [-0.25, -0.2) is 0 Å². The number of ketones is 1. The Kier molecular flexibility index (Phi) is 6.01. The predicted molar refractivity (Wildman–Crippen MR) is 78.9 cm³/mol. The SMILES string of the molecule is CN(CCCC(=O)c1cccs1)CCOCC1CC1. The van der Waals surface area contributed by atoms with Gasteiger partial charge in [0, 0.05) is 19.6 Å². The number of carbonyl (C=O) groups excluding carboxylic acids is 1. The molecule has 0 radical (unpaired) electrons. The van der Waals surface area contributed by atoms with Crippen LogP contribution in [0.5, 0.6) is 0 Å². The minimum Gasteiger partial charge on any atom is -0.380 e. The van der Waals surface area contributed by atoms with E-state index in [0.29, 0.717) is 6.42 Å². The molecule has 1 aromatic rings. The van der Waals surface area contributed by atoms with Crippen molar-refractivity contribution in [1.82, 2.24) is 4.90 Å². The van der Waals surface area contributed by atoms with Gasteiger partial charge in [0.1, 0.15) is 0 Å². The van der Waals surface area contributed by atoms with Crippen molar-refractivity contribution >= 4 is 17.1 Å². The minimum absolute atomic E-state index is 0.272. The first-order valence-electron chi connectivity index (χ1n) is 7.08. The number of Topliss-reactive ketones (excluding diaryl/α,β-unsaturated/α-hetero) is 1. The van der Waals surface area contributed by atoms with E-state index in [-0.39, 0.29) is 5.78 Å². The molecular weight excluding hydrogens is 258 g/mol. The molecule has 1 fully saturated rings. The summed E-state index contributed by atoms with van der Waals surface area (Å²) in [5.41, 5.74) is 0. The molecule has 1 aromatic heterocycles. The topological polar surface area (TPSA) is 29.5 Å². The molecule has 1 heterocycles. The summed E-state index contributed by atoms with van der Waals surface area (Å²) < 4.78 is 5.61.